The third kappa shape index (κ3) is 3.47. The van der Waals surface area contributed by atoms with Gasteiger partial charge in [0.25, 0.3) is 0 Å². The van der Waals surface area contributed by atoms with Crippen LogP contribution < -0.4 is 0 Å². The molecular formula is C8H10BaO4. The number of aliphatic carboxylic acids is 2. The molecule has 1 rings (SSSR count). The zero-order chi connectivity index (χ0) is 9.14. The van der Waals surface area contributed by atoms with Crippen molar-refractivity contribution in [3.05, 3.63) is 12.2 Å². The summed E-state index contributed by atoms with van der Waals surface area (Å²) >= 11 is 0. The standard InChI is InChI=1S/C8H10O4.Ba/c9-7(10)5-3-1-2-4-6(5)8(11)12;/h1,3,5-6H,2,4H2,(H,9,10)(H,11,12);. The van der Waals surface area contributed by atoms with Gasteiger partial charge in [0.2, 0.25) is 0 Å². The second kappa shape index (κ2) is 5.87. The molecule has 0 fully saturated rings. The fourth-order valence-corrected chi connectivity index (χ4v) is 1.36. The minimum atomic E-state index is -1.06. The van der Waals surface area contributed by atoms with E-state index in [0.717, 1.165) is 0 Å². The van der Waals surface area contributed by atoms with Gasteiger partial charge < -0.3 is 10.2 Å². The molecule has 0 aromatic heterocycles. The Hall–Kier alpha value is 0.251. The summed E-state index contributed by atoms with van der Waals surface area (Å²) in [7, 11) is 0. The molecule has 2 atom stereocenters. The summed E-state index contributed by atoms with van der Waals surface area (Å²) in [5.41, 5.74) is 0. The maximum Gasteiger partial charge on any atom is 0.311 e. The second-order valence-electron chi connectivity index (χ2n) is 2.81. The van der Waals surface area contributed by atoms with Gasteiger partial charge >= 0.3 is 11.9 Å². The molecule has 0 aromatic rings. The van der Waals surface area contributed by atoms with Crippen molar-refractivity contribution in [1.82, 2.24) is 0 Å². The Morgan fingerprint density at radius 3 is 2.23 bits per heavy atom. The van der Waals surface area contributed by atoms with Crippen LogP contribution in [0.1, 0.15) is 12.8 Å². The predicted molar refractivity (Wildman–Crippen MR) is 46.4 cm³/mol. The molecule has 2 radical (unpaired) electrons. The van der Waals surface area contributed by atoms with E-state index in [4.69, 9.17) is 10.2 Å². The van der Waals surface area contributed by atoms with E-state index in [1.54, 1.807) is 6.08 Å². The van der Waals surface area contributed by atoms with Gasteiger partial charge in [0.15, 0.2) is 0 Å². The molecule has 0 amide bonds. The average molecular weight is 307 g/mol. The monoisotopic (exact) mass is 308 g/mol. The van der Waals surface area contributed by atoms with E-state index in [1.807, 2.05) is 0 Å². The van der Waals surface area contributed by atoms with Crippen molar-refractivity contribution in [2.75, 3.05) is 0 Å². The van der Waals surface area contributed by atoms with E-state index in [9.17, 15) is 9.59 Å². The van der Waals surface area contributed by atoms with E-state index >= 15 is 0 Å². The summed E-state index contributed by atoms with van der Waals surface area (Å²) < 4.78 is 0. The third-order valence-electron chi connectivity index (χ3n) is 2.02. The third-order valence-corrected chi connectivity index (χ3v) is 2.02. The molecule has 0 aliphatic heterocycles. The first-order chi connectivity index (χ1) is 5.63. The van der Waals surface area contributed by atoms with Crippen LogP contribution in [0.25, 0.3) is 0 Å². The summed E-state index contributed by atoms with van der Waals surface area (Å²) in [5.74, 6) is -3.69. The number of hydrogen-bond donors (Lipinski definition) is 2. The zero-order valence-corrected chi connectivity index (χ0v) is 11.6. The van der Waals surface area contributed by atoms with Gasteiger partial charge in [-0.1, -0.05) is 12.2 Å². The van der Waals surface area contributed by atoms with E-state index < -0.39 is 23.8 Å². The van der Waals surface area contributed by atoms with Crippen LogP contribution in [0.5, 0.6) is 0 Å². The van der Waals surface area contributed by atoms with Crippen molar-refractivity contribution in [3.8, 4) is 0 Å². The van der Waals surface area contributed by atoms with Crippen LogP contribution in [0, 0.1) is 11.8 Å². The SMILES string of the molecule is O=C(O)C1C=CCCC1C(=O)O.[Ba]. The minimum absolute atomic E-state index is 0. The molecule has 5 heteroatoms. The predicted octanol–water partition coefficient (Wildman–Crippen LogP) is 0.357. The number of rotatable bonds is 2. The van der Waals surface area contributed by atoms with Crippen molar-refractivity contribution >= 4 is 60.8 Å². The van der Waals surface area contributed by atoms with Crippen molar-refractivity contribution in [1.29, 1.82) is 0 Å². The molecule has 2 unspecified atom stereocenters. The van der Waals surface area contributed by atoms with Crippen LogP contribution in [0.3, 0.4) is 0 Å². The van der Waals surface area contributed by atoms with Crippen LogP contribution >= 0.6 is 0 Å². The van der Waals surface area contributed by atoms with Crippen LogP contribution in [-0.2, 0) is 9.59 Å². The normalized spacial score (nSPS) is 26.2. The molecule has 0 heterocycles. The van der Waals surface area contributed by atoms with E-state index in [-0.39, 0.29) is 48.9 Å². The summed E-state index contributed by atoms with van der Waals surface area (Å²) in [6.45, 7) is 0. The Morgan fingerprint density at radius 1 is 1.23 bits per heavy atom. The maximum absolute atomic E-state index is 10.6. The molecule has 0 saturated carbocycles. The fraction of sp³-hybridized carbons (Fsp3) is 0.500. The fourth-order valence-electron chi connectivity index (χ4n) is 1.36. The number of carboxylic acid groups (broad SMARTS) is 2. The van der Waals surface area contributed by atoms with Crippen molar-refractivity contribution in [2.45, 2.75) is 12.8 Å². The molecule has 2 N–H and O–H groups in total. The molecule has 68 valence electrons. The molecule has 13 heavy (non-hydrogen) atoms. The van der Waals surface area contributed by atoms with E-state index in [0.29, 0.717) is 12.8 Å². The second-order valence-corrected chi connectivity index (χ2v) is 2.81. The van der Waals surface area contributed by atoms with E-state index in [2.05, 4.69) is 0 Å². The first kappa shape index (κ1) is 13.3. The van der Waals surface area contributed by atoms with Crippen LogP contribution in [-0.4, -0.2) is 71.0 Å². The Bertz CT molecular complexity index is 236. The molecule has 1 aliphatic carbocycles. The van der Waals surface area contributed by atoms with E-state index in [1.165, 1.54) is 6.08 Å². The quantitative estimate of drug-likeness (QED) is 0.570. The average Bonchev–Trinajstić information content (AvgIpc) is 2.04. The summed E-state index contributed by atoms with van der Waals surface area (Å²) in [4.78, 5) is 21.1. The largest absolute Gasteiger partial charge is 0.481 e. The first-order valence-corrected chi connectivity index (χ1v) is 3.75. The van der Waals surface area contributed by atoms with Gasteiger partial charge in [-0.05, 0) is 12.8 Å². The van der Waals surface area contributed by atoms with Gasteiger partial charge in [0.1, 0.15) is 0 Å². The number of carboxylic acids is 2. The molecule has 0 spiro atoms. The van der Waals surface area contributed by atoms with Gasteiger partial charge in [0.05, 0.1) is 11.8 Å². The van der Waals surface area contributed by atoms with Crippen LogP contribution in [0.2, 0.25) is 0 Å². The smallest absolute Gasteiger partial charge is 0.311 e. The summed E-state index contributed by atoms with van der Waals surface area (Å²) in [5, 5.41) is 17.3. The maximum atomic E-state index is 10.6. The Balaban J connectivity index is 0.00000144. The van der Waals surface area contributed by atoms with Crippen molar-refractivity contribution in [2.24, 2.45) is 11.8 Å². The minimum Gasteiger partial charge on any atom is -0.481 e. The summed E-state index contributed by atoms with van der Waals surface area (Å²) in [6.07, 6.45) is 4.26. The molecule has 0 saturated heterocycles. The number of hydrogen-bond acceptors (Lipinski definition) is 2. The van der Waals surface area contributed by atoms with Crippen LogP contribution in [0.4, 0.5) is 0 Å². The topological polar surface area (TPSA) is 74.6 Å². The van der Waals surface area contributed by atoms with Gasteiger partial charge in [-0.2, -0.15) is 0 Å². The number of carbonyl (C=O) groups is 2. The Morgan fingerprint density at radius 2 is 1.85 bits per heavy atom. The Labute approximate surface area is 116 Å². The molecule has 1 aliphatic rings. The van der Waals surface area contributed by atoms with Gasteiger partial charge in [-0.15, -0.1) is 0 Å². The molecule has 0 bridgehead atoms. The molecule has 0 aromatic carbocycles. The van der Waals surface area contributed by atoms with Crippen molar-refractivity contribution < 1.29 is 19.8 Å². The van der Waals surface area contributed by atoms with Crippen molar-refractivity contribution in [3.63, 3.8) is 0 Å². The van der Waals surface area contributed by atoms with Gasteiger partial charge in [-0.25, -0.2) is 0 Å². The summed E-state index contributed by atoms with van der Waals surface area (Å²) in [6, 6.07) is 0. The molecular weight excluding hydrogens is 297 g/mol. The van der Waals surface area contributed by atoms with Crippen LogP contribution in [0.15, 0.2) is 12.2 Å². The Kier molecular flexibility index (Phi) is 5.99. The van der Waals surface area contributed by atoms with Gasteiger partial charge in [-0.3, -0.25) is 9.59 Å². The zero-order valence-electron chi connectivity index (χ0n) is 7.14. The first-order valence-electron chi connectivity index (χ1n) is 3.75. The molecule has 4 nitrogen and oxygen atoms in total. The van der Waals surface area contributed by atoms with Gasteiger partial charge in [0, 0.05) is 48.9 Å². The number of allylic oxidation sites excluding steroid dienone is 1.